The summed E-state index contributed by atoms with van der Waals surface area (Å²) in [4.78, 5) is 23.1. The molecular formula is C20H28O11. The topological polar surface area (TPSA) is 183 Å². The van der Waals surface area contributed by atoms with Crippen LogP contribution in [-0.2, 0) is 25.7 Å². The molecule has 0 radical (unpaired) electrons. The van der Waals surface area contributed by atoms with Crippen molar-refractivity contribution in [1.29, 1.82) is 0 Å². The van der Waals surface area contributed by atoms with E-state index in [1.807, 2.05) is 0 Å². The van der Waals surface area contributed by atoms with Crippen molar-refractivity contribution in [3.8, 4) is 5.75 Å². The second kappa shape index (κ2) is 10.8. The average Bonchev–Trinajstić information content (AvgIpc) is 2.73. The highest BCUT2D eigenvalue weighted by Crippen LogP contribution is 2.25. The van der Waals surface area contributed by atoms with Crippen molar-refractivity contribution < 1.29 is 54.4 Å². The van der Waals surface area contributed by atoms with E-state index in [0.717, 1.165) is 0 Å². The zero-order valence-electron chi connectivity index (χ0n) is 17.0. The minimum atomic E-state index is -2.17. The molecule has 0 aromatic heterocycles. The molecule has 0 unspecified atom stereocenters. The molecule has 11 heteroatoms. The molecule has 1 aliphatic rings. The maximum atomic E-state index is 11.9. The monoisotopic (exact) mass is 444 g/mol. The van der Waals surface area contributed by atoms with E-state index in [0.29, 0.717) is 12.0 Å². The number of rotatable bonds is 10. The molecule has 1 fully saturated rings. The molecule has 1 aromatic rings. The van der Waals surface area contributed by atoms with Crippen molar-refractivity contribution in [1.82, 2.24) is 0 Å². The molecule has 0 aliphatic carbocycles. The Hall–Kier alpha value is -2.28. The maximum Gasteiger partial charge on any atom is 0.336 e. The summed E-state index contributed by atoms with van der Waals surface area (Å²) in [5.74, 6) is -2.11. The number of aliphatic hydroxyl groups is 5. The van der Waals surface area contributed by atoms with Crippen LogP contribution in [0.3, 0.4) is 0 Å². The van der Waals surface area contributed by atoms with Crippen LogP contribution in [0.25, 0.3) is 0 Å². The van der Waals surface area contributed by atoms with Crippen molar-refractivity contribution in [2.45, 2.75) is 69.1 Å². The first-order valence-corrected chi connectivity index (χ1v) is 9.78. The van der Waals surface area contributed by atoms with E-state index in [-0.39, 0.29) is 18.8 Å². The highest BCUT2D eigenvalue weighted by Gasteiger charge is 2.44. The normalized spacial score (nSPS) is 27.9. The minimum Gasteiger partial charge on any atom is -0.479 e. The molecule has 1 aliphatic heterocycles. The van der Waals surface area contributed by atoms with Crippen molar-refractivity contribution >= 4 is 11.9 Å². The number of ether oxygens (including phenoxy) is 3. The third-order valence-electron chi connectivity index (χ3n) is 4.92. The molecule has 174 valence electrons. The molecule has 11 nitrogen and oxygen atoms in total. The standard InChI is InChI=1S/C20H28O11/c1-2-7-20(28,19(26)27)8-14(22)29-10-11-3-5-12(6-4-11)30-18-17(25)16(24)15(23)13(9-21)31-18/h3-6,13,15-18,21,23-25,28H,2,7-10H2,1H3,(H,26,27)/t13-,15-,16+,17-,18-,20+/m1/s1. The van der Waals surface area contributed by atoms with Gasteiger partial charge in [-0.3, -0.25) is 4.79 Å². The lowest BCUT2D eigenvalue weighted by Gasteiger charge is -2.39. The fourth-order valence-corrected chi connectivity index (χ4v) is 3.10. The quantitative estimate of drug-likeness (QED) is 0.241. The summed E-state index contributed by atoms with van der Waals surface area (Å²) >= 11 is 0. The Kier molecular flexibility index (Phi) is 8.74. The van der Waals surface area contributed by atoms with Gasteiger partial charge in [0.1, 0.15) is 36.8 Å². The van der Waals surface area contributed by atoms with E-state index in [2.05, 4.69) is 0 Å². The van der Waals surface area contributed by atoms with Gasteiger partial charge in [-0.1, -0.05) is 25.5 Å². The predicted octanol–water partition coefficient (Wildman–Crippen LogP) is -1.09. The number of carboxylic acids is 1. The number of aliphatic hydroxyl groups excluding tert-OH is 4. The van der Waals surface area contributed by atoms with Gasteiger partial charge in [0.2, 0.25) is 6.29 Å². The Labute approximate surface area is 178 Å². The molecule has 0 amide bonds. The van der Waals surface area contributed by atoms with Crippen LogP contribution in [0, 0.1) is 0 Å². The van der Waals surface area contributed by atoms with Gasteiger partial charge < -0.3 is 44.8 Å². The fraction of sp³-hybridized carbons (Fsp3) is 0.600. The number of carboxylic acid groups (broad SMARTS) is 1. The summed E-state index contributed by atoms with van der Waals surface area (Å²) < 4.78 is 15.7. The van der Waals surface area contributed by atoms with E-state index in [9.17, 15) is 35.1 Å². The first-order chi connectivity index (χ1) is 14.6. The van der Waals surface area contributed by atoms with Gasteiger partial charge >= 0.3 is 11.9 Å². The van der Waals surface area contributed by atoms with Gasteiger partial charge in [0.15, 0.2) is 5.60 Å². The number of benzene rings is 1. The lowest BCUT2D eigenvalue weighted by atomic mass is 9.94. The van der Waals surface area contributed by atoms with Gasteiger partial charge in [-0.2, -0.15) is 0 Å². The molecule has 6 atom stereocenters. The molecule has 0 bridgehead atoms. The van der Waals surface area contributed by atoms with Crippen LogP contribution in [0.4, 0.5) is 0 Å². The van der Waals surface area contributed by atoms with E-state index >= 15 is 0 Å². The van der Waals surface area contributed by atoms with Gasteiger partial charge in [0.05, 0.1) is 13.0 Å². The number of aliphatic carboxylic acids is 1. The number of carbonyl (C=O) groups is 2. The Balaban J connectivity index is 1.91. The third-order valence-corrected chi connectivity index (χ3v) is 4.92. The Morgan fingerprint density at radius 3 is 2.29 bits per heavy atom. The van der Waals surface area contributed by atoms with Crippen LogP contribution in [0.2, 0.25) is 0 Å². The Morgan fingerprint density at radius 1 is 1.10 bits per heavy atom. The summed E-state index contributed by atoms with van der Waals surface area (Å²) in [6.45, 7) is 0.943. The van der Waals surface area contributed by atoms with E-state index < -0.39 is 61.3 Å². The zero-order chi connectivity index (χ0) is 23.2. The Morgan fingerprint density at radius 2 is 1.74 bits per heavy atom. The summed E-state index contributed by atoms with van der Waals surface area (Å²) in [6, 6.07) is 6.05. The lowest BCUT2D eigenvalue weighted by molar-refractivity contribution is -0.277. The van der Waals surface area contributed by atoms with Crippen molar-refractivity contribution in [3.05, 3.63) is 29.8 Å². The molecule has 1 aromatic carbocycles. The first-order valence-electron chi connectivity index (χ1n) is 9.78. The first kappa shape index (κ1) is 25.0. The molecule has 1 heterocycles. The minimum absolute atomic E-state index is 0.0819. The Bertz CT molecular complexity index is 735. The van der Waals surface area contributed by atoms with Crippen LogP contribution < -0.4 is 4.74 Å². The smallest absolute Gasteiger partial charge is 0.336 e. The number of hydrogen-bond acceptors (Lipinski definition) is 10. The number of esters is 1. The summed E-state index contributed by atoms with van der Waals surface area (Å²) in [5, 5.41) is 57.9. The lowest BCUT2D eigenvalue weighted by Crippen LogP contribution is -2.60. The van der Waals surface area contributed by atoms with E-state index in [1.165, 1.54) is 12.1 Å². The SMILES string of the molecule is CCC[C@](O)(CC(=O)OCc1ccc(O[C@@H]2O[C@H](CO)[C@@H](O)[C@H](O)[C@H]2O)cc1)C(=O)O. The van der Waals surface area contributed by atoms with Gasteiger partial charge in [0, 0.05) is 0 Å². The molecule has 6 N–H and O–H groups in total. The molecular weight excluding hydrogens is 416 g/mol. The summed E-state index contributed by atoms with van der Waals surface area (Å²) in [7, 11) is 0. The third kappa shape index (κ3) is 6.35. The molecule has 31 heavy (non-hydrogen) atoms. The van der Waals surface area contributed by atoms with E-state index in [4.69, 9.17) is 19.3 Å². The van der Waals surface area contributed by atoms with Crippen molar-refractivity contribution in [2.24, 2.45) is 0 Å². The highest BCUT2D eigenvalue weighted by atomic mass is 16.7. The second-order valence-electron chi connectivity index (χ2n) is 7.38. The number of carbonyl (C=O) groups excluding carboxylic acids is 1. The largest absolute Gasteiger partial charge is 0.479 e. The molecule has 1 saturated heterocycles. The summed E-state index contributed by atoms with van der Waals surface area (Å²) in [6.07, 6.45) is -7.40. The second-order valence-corrected chi connectivity index (χ2v) is 7.38. The van der Waals surface area contributed by atoms with Crippen LogP contribution in [0.15, 0.2) is 24.3 Å². The summed E-state index contributed by atoms with van der Waals surface area (Å²) in [5.41, 5.74) is -1.63. The van der Waals surface area contributed by atoms with Gasteiger partial charge in [-0.05, 0) is 24.1 Å². The van der Waals surface area contributed by atoms with E-state index in [1.54, 1.807) is 19.1 Å². The average molecular weight is 444 g/mol. The fourth-order valence-electron chi connectivity index (χ4n) is 3.10. The molecule has 2 rings (SSSR count). The van der Waals surface area contributed by atoms with Crippen molar-refractivity contribution in [2.75, 3.05) is 6.61 Å². The van der Waals surface area contributed by atoms with Crippen LogP contribution in [0.5, 0.6) is 5.75 Å². The van der Waals surface area contributed by atoms with Gasteiger partial charge in [-0.25, -0.2) is 4.79 Å². The molecule has 0 saturated carbocycles. The van der Waals surface area contributed by atoms with Gasteiger partial charge in [-0.15, -0.1) is 0 Å². The van der Waals surface area contributed by atoms with Gasteiger partial charge in [0.25, 0.3) is 0 Å². The van der Waals surface area contributed by atoms with Crippen LogP contribution in [-0.4, -0.2) is 85.5 Å². The van der Waals surface area contributed by atoms with Crippen LogP contribution >= 0.6 is 0 Å². The zero-order valence-corrected chi connectivity index (χ0v) is 17.0. The predicted molar refractivity (Wildman–Crippen MR) is 103 cm³/mol. The molecule has 0 spiro atoms. The van der Waals surface area contributed by atoms with Crippen molar-refractivity contribution in [3.63, 3.8) is 0 Å². The van der Waals surface area contributed by atoms with Crippen LogP contribution in [0.1, 0.15) is 31.7 Å². The maximum absolute atomic E-state index is 11.9. The highest BCUT2D eigenvalue weighted by molar-refractivity contribution is 5.84. The number of hydrogen-bond donors (Lipinski definition) is 6.